The highest BCUT2D eigenvalue weighted by Crippen LogP contribution is 2.15. The molecular weight excluding hydrogens is 398 g/mol. The topological polar surface area (TPSA) is 116 Å². The maximum absolute atomic E-state index is 12.0. The largest absolute Gasteiger partial charge is 0.449 e. The number of pyridine rings is 1. The number of carbonyl (C=O) groups is 1. The predicted molar refractivity (Wildman–Crippen MR) is 114 cm³/mol. The van der Waals surface area contributed by atoms with Crippen molar-refractivity contribution < 1.29 is 14.4 Å². The molecule has 3 aromatic rings. The first-order chi connectivity index (χ1) is 15.2. The molecule has 0 saturated heterocycles. The Morgan fingerprint density at radius 3 is 2.74 bits per heavy atom. The summed E-state index contributed by atoms with van der Waals surface area (Å²) in [5.74, 6) is 0.459. The van der Waals surface area contributed by atoms with Crippen LogP contribution in [0.2, 0.25) is 0 Å². The Balaban J connectivity index is 1.69. The Labute approximate surface area is 180 Å². The maximum Gasteiger partial charge on any atom is 0.411 e. The average molecular weight is 423 g/mol. The zero-order valence-electron chi connectivity index (χ0n) is 17.6. The van der Waals surface area contributed by atoms with Gasteiger partial charge in [-0.1, -0.05) is 55.3 Å². The molecule has 0 saturated carbocycles. The third-order valence-corrected chi connectivity index (χ3v) is 4.34. The van der Waals surface area contributed by atoms with Crippen molar-refractivity contribution in [2.75, 3.05) is 11.9 Å². The summed E-state index contributed by atoms with van der Waals surface area (Å²) < 4.78 is 6.71. The first kappa shape index (κ1) is 21.9. The molecule has 1 N–H and O–H groups in total. The van der Waals surface area contributed by atoms with Crippen molar-refractivity contribution >= 4 is 17.5 Å². The van der Waals surface area contributed by atoms with Crippen molar-refractivity contribution in [2.45, 2.75) is 32.8 Å². The molecule has 0 aliphatic heterocycles. The van der Waals surface area contributed by atoms with Crippen molar-refractivity contribution in [1.82, 2.24) is 25.2 Å². The second kappa shape index (κ2) is 11.4. The molecule has 0 aliphatic rings. The van der Waals surface area contributed by atoms with E-state index in [1.807, 2.05) is 30.3 Å². The number of ether oxygens (including phenoxy) is 1. The van der Waals surface area contributed by atoms with Crippen molar-refractivity contribution in [3.8, 4) is 0 Å². The van der Waals surface area contributed by atoms with Crippen LogP contribution in [0.4, 0.5) is 10.5 Å². The van der Waals surface area contributed by atoms with Crippen LogP contribution in [0.25, 0.3) is 0 Å². The van der Waals surface area contributed by atoms with Crippen LogP contribution in [-0.4, -0.2) is 43.6 Å². The highest BCUT2D eigenvalue weighted by atomic mass is 16.6. The molecule has 0 atom stereocenters. The second-order valence-corrected chi connectivity index (χ2v) is 6.67. The number of rotatable bonds is 10. The highest BCUT2D eigenvalue weighted by Gasteiger charge is 2.15. The van der Waals surface area contributed by atoms with Gasteiger partial charge in [-0.25, -0.2) is 9.48 Å². The number of aryl methyl sites for hydroxylation is 1. The number of hydrogen-bond donors (Lipinski definition) is 1. The molecule has 2 aromatic heterocycles. The molecule has 0 spiro atoms. The molecule has 10 heteroatoms. The summed E-state index contributed by atoms with van der Waals surface area (Å²) in [6, 6.07) is 12.9. The van der Waals surface area contributed by atoms with E-state index in [4.69, 9.17) is 9.57 Å². The number of nitrogens with zero attached hydrogens (tertiary/aromatic N) is 6. The molecular formula is C21H25N7O3. The number of carbonyl (C=O) groups excluding carboxylic acids is 1. The lowest BCUT2D eigenvalue weighted by Gasteiger charge is -2.10. The summed E-state index contributed by atoms with van der Waals surface area (Å²) in [5.41, 5.74) is 2.30. The van der Waals surface area contributed by atoms with Crippen LogP contribution in [0.1, 0.15) is 43.3 Å². The molecule has 162 valence electrons. The summed E-state index contributed by atoms with van der Waals surface area (Å²) >= 11 is 0. The molecule has 31 heavy (non-hydrogen) atoms. The Morgan fingerprint density at radius 2 is 2.00 bits per heavy atom. The van der Waals surface area contributed by atoms with Crippen LogP contribution in [-0.2, 0) is 23.2 Å². The van der Waals surface area contributed by atoms with Gasteiger partial charge >= 0.3 is 6.09 Å². The number of nitrogens with one attached hydrogen (secondary N) is 1. The molecule has 0 aliphatic carbocycles. The third-order valence-electron chi connectivity index (χ3n) is 4.34. The summed E-state index contributed by atoms with van der Waals surface area (Å²) in [6.07, 6.45) is 4.00. The van der Waals surface area contributed by atoms with Crippen LogP contribution in [0.15, 0.2) is 53.8 Å². The van der Waals surface area contributed by atoms with Gasteiger partial charge in [0.05, 0.1) is 12.3 Å². The van der Waals surface area contributed by atoms with Gasteiger partial charge in [-0.2, -0.15) is 0 Å². The molecule has 0 bridgehead atoms. The average Bonchev–Trinajstić information content (AvgIpc) is 3.21. The van der Waals surface area contributed by atoms with E-state index in [0.29, 0.717) is 29.5 Å². The van der Waals surface area contributed by atoms with E-state index in [-0.39, 0.29) is 6.61 Å². The van der Waals surface area contributed by atoms with E-state index in [2.05, 4.69) is 37.9 Å². The van der Waals surface area contributed by atoms with Crippen molar-refractivity contribution in [3.63, 3.8) is 0 Å². The molecule has 0 radical (unpaired) electrons. The Hall–Kier alpha value is -3.82. The molecule has 0 fully saturated rings. The van der Waals surface area contributed by atoms with E-state index in [1.54, 1.807) is 25.4 Å². The van der Waals surface area contributed by atoms with Gasteiger partial charge in [-0.3, -0.25) is 10.3 Å². The molecule has 2 heterocycles. The third kappa shape index (κ3) is 6.33. The quantitative estimate of drug-likeness (QED) is 0.302. The number of anilines is 1. The van der Waals surface area contributed by atoms with Gasteiger partial charge in [0, 0.05) is 18.8 Å². The standard InChI is InChI=1S/C21H25N7O3/c1-3-4-8-14-30-21(29)23-17-12-9-13-22-18(17)15-31-25-19(16-10-6-5-7-11-16)20-24-26-27-28(20)2/h5-7,9-13H,3-4,8,14-15H2,1-2H3,(H,23,29). The number of tetrazole rings is 1. The van der Waals surface area contributed by atoms with Crippen molar-refractivity contribution in [1.29, 1.82) is 0 Å². The number of amides is 1. The lowest BCUT2D eigenvalue weighted by molar-refractivity contribution is 0.128. The molecule has 0 unspecified atom stereocenters. The monoisotopic (exact) mass is 423 g/mol. The highest BCUT2D eigenvalue weighted by molar-refractivity contribution is 6.10. The fraction of sp³-hybridized carbons (Fsp3) is 0.333. The van der Waals surface area contributed by atoms with Crippen molar-refractivity contribution in [3.05, 3.63) is 65.7 Å². The Morgan fingerprint density at radius 1 is 1.16 bits per heavy atom. The first-order valence-electron chi connectivity index (χ1n) is 10.0. The van der Waals surface area contributed by atoms with Gasteiger partial charge in [0.15, 0.2) is 12.3 Å². The molecule has 10 nitrogen and oxygen atoms in total. The van der Waals surface area contributed by atoms with Crippen LogP contribution >= 0.6 is 0 Å². The predicted octanol–water partition coefficient (Wildman–Crippen LogP) is 3.31. The maximum atomic E-state index is 12.0. The van der Waals surface area contributed by atoms with E-state index < -0.39 is 6.09 Å². The van der Waals surface area contributed by atoms with E-state index in [1.165, 1.54) is 4.68 Å². The SMILES string of the molecule is CCCCCOC(=O)Nc1cccnc1CON=C(c1ccccc1)c1nnnn1C. The Kier molecular flexibility index (Phi) is 8.04. The lowest BCUT2D eigenvalue weighted by atomic mass is 10.1. The summed E-state index contributed by atoms with van der Waals surface area (Å²) in [6.45, 7) is 2.50. The van der Waals surface area contributed by atoms with Gasteiger partial charge in [-0.05, 0) is 29.0 Å². The zero-order valence-corrected chi connectivity index (χ0v) is 17.6. The first-order valence-corrected chi connectivity index (χ1v) is 10.0. The van der Waals surface area contributed by atoms with Gasteiger partial charge in [0.1, 0.15) is 5.69 Å². The lowest BCUT2D eigenvalue weighted by Crippen LogP contribution is -2.16. The van der Waals surface area contributed by atoms with Gasteiger partial charge in [0.25, 0.3) is 0 Å². The second-order valence-electron chi connectivity index (χ2n) is 6.67. The summed E-state index contributed by atoms with van der Waals surface area (Å²) in [4.78, 5) is 21.9. The number of unbranched alkanes of at least 4 members (excludes halogenated alkanes) is 2. The van der Waals surface area contributed by atoms with Crippen LogP contribution in [0, 0.1) is 0 Å². The zero-order chi connectivity index (χ0) is 21.9. The fourth-order valence-electron chi connectivity index (χ4n) is 2.74. The number of hydrogen-bond acceptors (Lipinski definition) is 8. The van der Waals surface area contributed by atoms with E-state index >= 15 is 0 Å². The van der Waals surface area contributed by atoms with Crippen LogP contribution in [0.5, 0.6) is 0 Å². The van der Waals surface area contributed by atoms with Crippen LogP contribution in [0.3, 0.4) is 0 Å². The van der Waals surface area contributed by atoms with E-state index in [9.17, 15) is 4.79 Å². The van der Waals surface area contributed by atoms with Gasteiger partial charge < -0.3 is 9.57 Å². The summed E-state index contributed by atoms with van der Waals surface area (Å²) in [7, 11) is 1.72. The number of aromatic nitrogens is 5. The number of benzene rings is 1. The van der Waals surface area contributed by atoms with E-state index in [0.717, 1.165) is 24.8 Å². The smallest absolute Gasteiger partial charge is 0.411 e. The molecule has 1 aromatic carbocycles. The van der Waals surface area contributed by atoms with Gasteiger partial charge in [-0.15, -0.1) is 5.10 Å². The van der Waals surface area contributed by atoms with Crippen LogP contribution < -0.4 is 5.32 Å². The minimum atomic E-state index is -0.524. The summed E-state index contributed by atoms with van der Waals surface area (Å²) in [5, 5.41) is 18.5. The number of oxime groups is 1. The fourth-order valence-corrected chi connectivity index (χ4v) is 2.74. The minimum Gasteiger partial charge on any atom is -0.449 e. The van der Waals surface area contributed by atoms with Gasteiger partial charge in [0.2, 0.25) is 5.82 Å². The molecule has 1 amide bonds. The molecule has 3 rings (SSSR count). The van der Waals surface area contributed by atoms with Crippen molar-refractivity contribution in [2.24, 2.45) is 12.2 Å². The normalized spacial score (nSPS) is 11.2. The Bertz CT molecular complexity index is 1000. The minimum absolute atomic E-state index is 0.0356.